The standard InChI is InChI=1S/C13H11BN2O3/c17-14(18)19-16-9-8-13(15-16)12-7-3-5-10-4-1-2-6-11(10)12/h1-9,17-18H. The first-order valence-electron chi connectivity index (χ1n) is 5.81. The smallest absolute Gasteiger partial charge is 0.405 e. The van der Waals surface area contributed by atoms with Gasteiger partial charge in [0.25, 0.3) is 0 Å². The first kappa shape index (κ1) is 11.8. The van der Waals surface area contributed by atoms with E-state index in [-0.39, 0.29) is 0 Å². The van der Waals surface area contributed by atoms with Crippen molar-refractivity contribution >= 4 is 18.1 Å². The molecule has 0 amide bonds. The molecule has 0 spiro atoms. The van der Waals surface area contributed by atoms with E-state index in [0.29, 0.717) is 5.69 Å². The van der Waals surface area contributed by atoms with Gasteiger partial charge in [-0.25, -0.2) is 0 Å². The minimum Gasteiger partial charge on any atom is -0.405 e. The molecule has 0 aliphatic rings. The lowest BCUT2D eigenvalue weighted by Gasteiger charge is -2.04. The average Bonchev–Trinajstić information content (AvgIpc) is 2.85. The van der Waals surface area contributed by atoms with Crippen LogP contribution in [-0.4, -0.2) is 27.3 Å². The SMILES string of the molecule is OB(O)On1ccc(-c2cccc3ccccc23)n1. The Morgan fingerprint density at radius 3 is 2.63 bits per heavy atom. The van der Waals surface area contributed by atoms with E-state index in [1.807, 2.05) is 42.5 Å². The molecule has 0 bridgehead atoms. The number of aromatic nitrogens is 2. The molecule has 5 nitrogen and oxygen atoms in total. The minimum absolute atomic E-state index is 0.706. The van der Waals surface area contributed by atoms with E-state index in [1.165, 1.54) is 6.20 Å². The average molecular weight is 254 g/mol. The van der Waals surface area contributed by atoms with Crippen LogP contribution in [-0.2, 0) is 0 Å². The molecule has 0 aliphatic heterocycles. The van der Waals surface area contributed by atoms with Crippen LogP contribution in [0, 0.1) is 0 Å². The fourth-order valence-electron chi connectivity index (χ4n) is 2.05. The Kier molecular flexibility index (Phi) is 2.95. The summed E-state index contributed by atoms with van der Waals surface area (Å²) < 4.78 is 4.65. The van der Waals surface area contributed by atoms with Crippen LogP contribution in [0.1, 0.15) is 0 Å². The van der Waals surface area contributed by atoms with Gasteiger partial charge in [0.2, 0.25) is 0 Å². The van der Waals surface area contributed by atoms with Crippen LogP contribution in [0.4, 0.5) is 0 Å². The summed E-state index contributed by atoms with van der Waals surface area (Å²) >= 11 is 0. The van der Waals surface area contributed by atoms with E-state index in [0.717, 1.165) is 21.2 Å². The Balaban J connectivity index is 2.06. The quantitative estimate of drug-likeness (QED) is 0.687. The molecule has 2 aromatic carbocycles. The number of hydrogen-bond acceptors (Lipinski definition) is 4. The summed E-state index contributed by atoms with van der Waals surface area (Å²) in [4.78, 5) is 1.03. The molecule has 0 radical (unpaired) electrons. The molecule has 0 aliphatic carbocycles. The lowest BCUT2D eigenvalue weighted by molar-refractivity contribution is 0.141. The molecule has 3 rings (SSSR count). The van der Waals surface area contributed by atoms with Crippen molar-refractivity contribution in [1.29, 1.82) is 0 Å². The zero-order valence-electron chi connectivity index (χ0n) is 9.97. The lowest BCUT2D eigenvalue weighted by atomic mass is 10.0. The van der Waals surface area contributed by atoms with Crippen LogP contribution in [0.25, 0.3) is 22.0 Å². The Hall–Kier alpha value is -2.31. The van der Waals surface area contributed by atoms with Crippen LogP contribution in [0.3, 0.4) is 0 Å². The van der Waals surface area contributed by atoms with E-state index in [9.17, 15) is 0 Å². The molecule has 0 unspecified atom stereocenters. The van der Waals surface area contributed by atoms with E-state index in [4.69, 9.17) is 10.0 Å². The molecule has 19 heavy (non-hydrogen) atoms. The Bertz CT molecular complexity index is 706. The molecule has 94 valence electrons. The zero-order valence-corrected chi connectivity index (χ0v) is 9.97. The van der Waals surface area contributed by atoms with Gasteiger partial charge >= 0.3 is 7.32 Å². The maximum atomic E-state index is 8.73. The third-order valence-electron chi connectivity index (χ3n) is 2.83. The van der Waals surface area contributed by atoms with Gasteiger partial charge in [-0.3, -0.25) is 0 Å². The van der Waals surface area contributed by atoms with E-state index in [2.05, 4.69) is 9.85 Å². The number of nitrogens with zero attached hydrogens (tertiary/aromatic N) is 2. The van der Waals surface area contributed by atoms with E-state index in [1.54, 1.807) is 6.07 Å². The molecular formula is C13H11BN2O3. The topological polar surface area (TPSA) is 67.5 Å². The molecule has 0 saturated heterocycles. The van der Waals surface area contributed by atoms with Gasteiger partial charge in [-0.05, 0) is 16.8 Å². The van der Waals surface area contributed by atoms with Gasteiger partial charge in [-0.1, -0.05) is 42.5 Å². The maximum Gasteiger partial charge on any atom is 0.729 e. The van der Waals surface area contributed by atoms with Crippen molar-refractivity contribution in [3.8, 4) is 11.3 Å². The highest BCUT2D eigenvalue weighted by Crippen LogP contribution is 2.26. The molecule has 1 heterocycles. The van der Waals surface area contributed by atoms with Gasteiger partial charge < -0.3 is 14.8 Å². The fraction of sp³-hybridized carbons (Fsp3) is 0. The monoisotopic (exact) mass is 254 g/mol. The van der Waals surface area contributed by atoms with Crippen molar-refractivity contribution < 1.29 is 14.8 Å². The van der Waals surface area contributed by atoms with Crippen LogP contribution in [0.2, 0.25) is 0 Å². The summed E-state index contributed by atoms with van der Waals surface area (Å²) in [6.45, 7) is 0. The summed E-state index contributed by atoms with van der Waals surface area (Å²) in [5.74, 6) is 0. The van der Waals surface area contributed by atoms with Crippen molar-refractivity contribution in [3.63, 3.8) is 0 Å². The Morgan fingerprint density at radius 1 is 1.00 bits per heavy atom. The highest BCUT2D eigenvalue weighted by molar-refractivity contribution is 6.32. The molecule has 2 N–H and O–H groups in total. The number of hydrogen-bond donors (Lipinski definition) is 2. The van der Waals surface area contributed by atoms with Gasteiger partial charge in [0.1, 0.15) is 0 Å². The minimum atomic E-state index is -1.89. The first-order valence-corrected chi connectivity index (χ1v) is 5.81. The van der Waals surface area contributed by atoms with Crippen molar-refractivity contribution in [3.05, 3.63) is 54.7 Å². The molecule has 0 fully saturated rings. The van der Waals surface area contributed by atoms with Crippen LogP contribution in [0.5, 0.6) is 0 Å². The molecule has 0 saturated carbocycles. The van der Waals surface area contributed by atoms with Gasteiger partial charge in [0.15, 0.2) is 0 Å². The largest absolute Gasteiger partial charge is 0.729 e. The van der Waals surface area contributed by atoms with Crippen LogP contribution < -0.4 is 4.76 Å². The lowest BCUT2D eigenvalue weighted by Crippen LogP contribution is -2.29. The van der Waals surface area contributed by atoms with Crippen molar-refractivity contribution in [2.24, 2.45) is 0 Å². The van der Waals surface area contributed by atoms with Crippen molar-refractivity contribution in [2.75, 3.05) is 0 Å². The number of rotatable bonds is 3. The second-order valence-corrected chi connectivity index (χ2v) is 4.06. The third kappa shape index (κ3) is 2.31. The summed E-state index contributed by atoms with van der Waals surface area (Å²) in [5, 5.41) is 23.8. The number of fused-ring (bicyclic) bond motifs is 1. The van der Waals surface area contributed by atoms with Gasteiger partial charge in [0.05, 0.1) is 11.9 Å². The number of benzene rings is 2. The van der Waals surface area contributed by atoms with Gasteiger partial charge in [-0.15, -0.1) is 9.94 Å². The first-order chi connectivity index (χ1) is 9.24. The summed E-state index contributed by atoms with van der Waals surface area (Å²) in [6, 6.07) is 15.7. The summed E-state index contributed by atoms with van der Waals surface area (Å²) in [5.41, 5.74) is 1.67. The van der Waals surface area contributed by atoms with Crippen LogP contribution in [0.15, 0.2) is 54.7 Å². The summed E-state index contributed by atoms with van der Waals surface area (Å²) in [6.07, 6.45) is 1.52. The second kappa shape index (κ2) is 4.76. The fourth-order valence-corrected chi connectivity index (χ4v) is 2.05. The van der Waals surface area contributed by atoms with Gasteiger partial charge in [0, 0.05) is 5.56 Å². The zero-order chi connectivity index (χ0) is 13.2. The Morgan fingerprint density at radius 2 is 1.79 bits per heavy atom. The molecule has 3 aromatic rings. The predicted molar refractivity (Wildman–Crippen MR) is 71.9 cm³/mol. The normalized spacial score (nSPS) is 10.6. The van der Waals surface area contributed by atoms with Crippen molar-refractivity contribution in [2.45, 2.75) is 0 Å². The third-order valence-corrected chi connectivity index (χ3v) is 2.83. The summed E-state index contributed by atoms with van der Waals surface area (Å²) in [7, 11) is -1.89. The molecule has 6 heteroatoms. The highest BCUT2D eigenvalue weighted by Gasteiger charge is 2.13. The molecular weight excluding hydrogens is 243 g/mol. The molecule has 0 atom stereocenters. The molecule has 1 aromatic heterocycles. The maximum absolute atomic E-state index is 8.73. The van der Waals surface area contributed by atoms with Gasteiger partial charge in [-0.2, -0.15) is 0 Å². The highest BCUT2D eigenvalue weighted by atomic mass is 16.7. The Labute approximate surface area is 109 Å². The van der Waals surface area contributed by atoms with E-state index < -0.39 is 7.32 Å². The van der Waals surface area contributed by atoms with E-state index >= 15 is 0 Å². The predicted octanol–water partition coefficient (Wildman–Crippen LogP) is 1.10. The van der Waals surface area contributed by atoms with Crippen LogP contribution >= 0.6 is 0 Å². The van der Waals surface area contributed by atoms with Crippen molar-refractivity contribution in [1.82, 2.24) is 9.94 Å². The second-order valence-electron chi connectivity index (χ2n) is 4.06.